The second-order valence-corrected chi connectivity index (χ2v) is 4.53. The van der Waals surface area contributed by atoms with Gasteiger partial charge in [0.05, 0.1) is 0 Å². The number of rotatable bonds is 5. The molecule has 94 valence electrons. The average molecular weight is 265 g/mol. The normalized spacial score (nSPS) is 10.9. The van der Waals surface area contributed by atoms with E-state index in [1.165, 1.54) is 13.8 Å². The van der Waals surface area contributed by atoms with Crippen LogP contribution in [0.5, 0.6) is 0 Å². The van der Waals surface area contributed by atoms with E-state index in [4.69, 9.17) is 0 Å². The summed E-state index contributed by atoms with van der Waals surface area (Å²) in [6.07, 6.45) is -5.54. The van der Waals surface area contributed by atoms with E-state index in [-0.39, 0.29) is 13.1 Å². The Hall–Kier alpha value is -0.550. The Labute approximate surface area is 90.2 Å². The van der Waals surface area contributed by atoms with E-state index in [2.05, 4.69) is 0 Å². The first-order chi connectivity index (χ1) is 7.36. The first kappa shape index (κ1) is 15.4. The Morgan fingerprint density at radius 3 is 1.31 bits per heavy atom. The summed E-state index contributed by atoms with van der Waals surface area (Å²) in [5.74, 6) is 0. The fourth-order valence-corrected chi connectivity index (χ4v) is 2.56. The molecular weight excluding hydrogens is 255 g/mol. The molecule has 0 saturated heterocycles. The maximum Gasteiger partial charge on any atom is 0.307 e. The molecule has 0 N–H and O–H groups in total. The van der Waals surface area contributed by atoms with Crippen LogP contribution < -0.4 is 0 Å². The van der Waals surface area contributed by atoms with Crippen molar-refractivity contribution in [1.29, 1.82) is 0 Å². The van der Waals surface area contributed by atoms with E-state index in [0.717, 1.165) is 4.67 Å². The van der Waals surface area contributed by atoms with Gasteiger partial charge in [-0.25, -0.2) is 0 Å². The van der Waals surface area contributed by atoms with Gasteiger partial charge in [-0.15, -0.1) is 0 Å². The first-order valence-electron chi connectivity index (χ1n) is 4.33. The molecule has 0 bridgehead atoms. The minimum absolute atomic E-state index is 0.0103. The molecular formula is C8H10F6NP. The summed E-state index contributed by atoms with van der Waals surface area (Å²) in [4.78, 5) is 0. The minimum Gasteiger partial charge on any atom is -0.271 e. The second-order valence-electron chi connectivity index (χ2n) is 2.55. The van der Waals surface area contributed by atoms with E-state index in [1.54, 1.807) is 0 Å². The molecule has 0 atom stereocenters. The predicted molar refractivity (Wildman–Crippen MR) is 50.5 cm³/mol. The molecule has 0 fully saturated rings. The Kier molecular flexibility index (Phi) is 6.67. The third-order valence-electron chi connectivity index (χ3n) is 1.70. The topological polar surface area (TPSA) is 3.24 Å². The van der Waals surface area contributed by atoms with Crippen LogP contribution >= 0.6 is 8.07 Å². The molecule has 0 aliphatic rings. The van der Waals surface area contributed by atoms with Crippen LogP contribution in [0.25, 0.3) is 0 Å². The fraction of sp³-hybridized carbons (Fsp3) is 0.500. The van der Waals surface area contributed by atoms with Gasteiger partial charge in [0, 0.05) is 0 Å². The van der Waals surface area contributed by atoms with Crippen molar-refractivity contribution in [3.8, 4) is 0 Å². The van der Waals surface area contributed by atoms with Crippen LogP contribution in [-0.4, -0.2) is 17.8 Å². The van der Waals surface area contributed by atoms with E-state index in [1.807, 2.05) is 0 Å². The zero-order valence-corrected chi connectivity index (χ0v) is 9.47. The molecule has 1 nitrogen and oxygen atoms in total. The smallest absolute Gasteiger partial charge is 0.271 e. The maximum atomic E-state index is 12.9. The van der Waals surface area contributed by atoms with Crippen molar-refractivity contribution in [2.45, 2.75) is 13.8 Å². The zero-order chi connectivity index (χ0) is 12.9. The van der Waals surface area contributed by atoms with Crippen molar-refractivity contribution in [2.75, 3.05) is 13.1 Å². The van der Waals surface area contributed by atoms with Crippen molar-refractivity contribution < 1.29 is 26.3 Å². The van der Waals surface area contributed by atoms with Crippen molar-refractivity contribution in [2.24, 2.45) is 0 Å². The molecule has 16 heavy (non-hydrogen) atoms. The highest BCUT2D eigenvalue weighted by Gasteiger charge is 2.32. The quantitative estimate of drug-likeness (QED) is 0.510. The SMILES string of the molecule is CCN(CC)P(C(F)=C(F)F)C(F)=C(F)F. The van der Waals surface area contributed by atoms with Crippen molar-refractivity contribution in [1.82, 2.24) is 4.67 Å². The highest BCUT2D eigenvalue weighted by molar-refractivity contribution is 7.63. The summed E-state index contributed by atoms with van der Waals surface area (Å²) in [6.45, 7) is 2.85. The number of hydrogen-bond donors (Lipinski definition) is 0. The van der Waals surface area contributed by atoms with Crippen LogP contribution in [0.2, 0.25) is 0 Å². The van der Waals surface area contributed by atoms with Gasteiger partial charge in [-0.05, 0) is 13.1 Å². The molecule has 0 aromatic carbocycles. The molecule has 0 aromatic heterocycles. The van der Waals surface area contributed by atoms with Gasteiger partial charge < -0.3 is 0 Å². The van der Waals surface area contributed by atoms with Crippen LogP contribution in [0.1, 0.15) is 13.8 Å². The fourth-order valence-electron chi connectivity index (χ4n) is 1.00. The number of hydrogen-bond acceptors (Lipinski definition) is 1. The number of nitrogens with zero attached hydrogens (tertiary/aromatic N) is 1. The lowest BCUT2D eigenvalue weighted by atomic mass is 10.7. The van der Waals surface area contributed by atoms with Gasteiger partial charge in [-0.2, -0.15) is 26.3 Å². The van der Waals surface area contributed by atoms with Crippen molar-refractivity contribution in [3.05, 3.63) is 23.3 Å². The van der Waals surface area contributed by atoms with E-state index in [9.17, 15) is 26.3 Å². The zero-order valence-electron chi connectivity index (χ0n) is 8.58. The van der Waals surface area contributed by atoms with Crippen molar-refractivity contribution in [3.63, 3.8) is 0 Å². The van der Waals surface area contributed by atoms with Crippen LogP contribution in [0.3, 0.4) is 0 Å². The minimum atomic E-state index is -3.07. The van der Waals surface area contributed by atoms with E-state index < -0.39 is 31.4 Å². The Morgan fingerprint density at radius 1 is 0.812 bits per heavy atom. The van der Waals surface area contributed by atoms with E-state index >= 15 is 0 Å². The van der Waals surface area contributed by atoms with Crippen LogP contribution in [0.15, 0.2) is 23.3 Å². The first-order valence-corrected chi connectivity index (χ1v) is 5.62. The molecule has 0 rings (SSSR count). The largest absolute Gasteiger partial charge is 0.307 e. The average Bonchev–Trinajstić information content (AvgIpc) is 2.23. The summed E-state index contributed by atoms with van der Waals surface area (Å²) >= 11 is 0. The molecule has 0 aliphatic heterocycles. The summed E-state index contributed by atoms with van der Waals surface area (Å²) < 4.78 is 74.7. The molecule has 0 radical (unpaired) electrons. The summed E-state index contributed by atoms with van der Waals surface area (Å²) in [5.41, 5.74) is -4.24. The monoisotopic (exact) mass is 265 g/mol. The summed E-state index contributed by atoms with van der Waals surface area (Å²) in [7, 11) is -3.07. The van der Waals surface area contributed by atoms with Gasteiger partial charge in [0.1, 0.15) is 8.07 Å². The van der Waals surface area contributed by atoms with E-state index in [0.29, 0.717) is 0 Å². The van der Waals surface area contributed by atoms with Crippen LogP contribution in [0.4, 0.5) is 26.3 Å². The summed E-state index contributed by atoms with van der Waals surface area (Å²) in [5, 5.41) is 0. The van der Waals surface area contributed by atoms with Crippen LogP contribution in [0, 0.1) is 0 Å². The van der Waals surface area contributed by atoms with Gasteiger partial charge in [-0.1, -0.05) is 13.8 Å². The third kappa shape index (κ3) is 3.79. The van der Waals surface area contributed by atoms with Crippen molar-refractivity contribution >= 4 is 8.07 Å². The van der Waals surface area contributed by atoms with Gasteiger partial charge in [-0.3, -0.25) is 4.67 Å². The highest BCUT2D eigenvalue weighted by atomic mass is 31.1. The highest BCUT2D eigenvalue weighted by Crippen LogP contribution is 2.59. The molecule has 0 unspecified atom stereocenters. The molecule has 0 heterocycles. The Bertz CT molecular complexity index is 267. The Balaban J connectivity index is 5.39. The Morgan fingerprint density at radius 2 is 1.12 bits per heavy atom. The molecule has 0 spiro atoms. The molecule has 0 aliphatic carbocycles. The molecule has 0 aromatic rings. The standard InChI is InChI=1S/C8H10F6NP/c1-3-15(4-2)16(7(13)5(9)10)8(14)6(11)12/h3-4H2,1-2H3. The maximum absolute atomic E-state index is 12.9. The summed E-state index contributed by atoms with van der Waals surface area (Å²) in [6, 6.07) is 0. The lowest BCUT2D eigenvalue weighted by molar-refractivity contribution is 0.380. The lowest BCUT2D eigenvalue weighted by Gasteiger charge is -2.25. The molecule has 8 heteroatoms. The second kappa shape index (κ2) is 6.91. The molecule has 0 amide bonds. The lowest BCUT2D eigenvalue weighted by Crippen LogP contribution is -2.17. The molecule has 0 saturated carbocycles. The van der Waals surface area contributed by atoms with Gasteiger partial charge >= 0.3 is 12.2 Å². The predicted octanol–water partition coefficient (Wildman–Crippen LogP) is 4.80. The van der Waals surface area contributed by atoms with Gasteiger partial charge in [0.2, 0.25) is 11.1 Å². The number of halogens is 6. The van der Waals surface area contributed by atoms with Gasteiger partial charge in [0.25, 0.3) is 0 Å². The third-order valence-corrected chi connectivity index (χ3v) is 3.91. The van der Waals surface area contributed by atoms with Crippen LogP contribution in [-0.2, 0) is 0 Å². The van der Waals surface area contributed by atoms with Gasteiger partial charge in [0.15, 0.2) is 0 Å².